The Hall–Kier alpha value is -4.03. The molecule has 6 N–H and O–H groups in total. The average Bonchev–Trinajstić information content (AvgIpc) is 3.09. The molecule has 10 heteroatoms. The molecule has 4 rings (SSSR count). The molecule has 3 heterocycles. The number of fused-ring (bicyclic) bond motifs is 1. The summed E-state index contributed by atoms with van der Waals surface area (Å²) in [4.78, 5) is 12.4. The number of phenolic OH excluding ortho intramolecular Hbond substituents is 1. The van der Waals surface area contributed by atoms with Crippen molar-refractivity contribution in [3.63, 3.8) is 0 Å². The van der Waals surface area contributed by atoms with Crippen LogP contribution in [0, 0.1) is 11.3 Å². The van der Waals surface area contributed by atoms with E-state index in [1.807, 2.05) is 29.8 Å². The van der Waals surface area contributed by atoms with Gasteiger partial charge < -0.3 is 26.5 Å². The van der Waals surface area contributed by atoms with Gasteiger partial charge in [0, 0.05) is 29.4 Å². The van der Waals surface area contributed by atoms with Gasteiger partial charge in [0.15, 0.2) is 5.82 Å². The van der Waals surface area contributed by atoms with E-state index in [9.17, 15) is 10.4 Å². The number of aromatic nitrogens is 4. The van der Waals surface area contributed by atoms with Gasteiger partial charge in [-0.25, -0.2) is 4.98 Å². The van der Waals surface area contributed by atoms with Crippen LogP contribution in [0.5, 0.6) is 5.75 Å². The van der Waals surface area contributed by atoms with Crippen LogP contribution in [-0.4, -0.2) is 24.6 Å². The number of aromatic hydroxyl groups is 1. The maximum absolute atomic E-state index is 9.88. The summed E-state index contributed by atoms with van der Waals surface area (Å²) >= 11 is 6.50. The lowest BCUT2D eigenvalue weighted by Gasteiger charge is -2.16. The van der Waals surface area contributed by atoms with E-state index < -0.39 is 0 Å². The first-order valence-corrected chi connectivity index (χ1v) is 9.31. The standard InChI is InChI=1S/C20H17ClN8O/c1-10(26-18-13(8-22)17(23)27-20(24)28-18)14-9-29(11-3-2-4-12(30)7-11)19-16(14)15(21)5-6-25-19/h2-7,9-10,30H,1H3,(H5,23,24,26,27,28)/t10-/m0/s1. The monoisotopic (exact) mass is 420 g/mol. The Kier molecular flexibility index (Phi) is 4.77. The van der Waals surface area contributed by atoms with Crippen LogP contribution in [-0.2, 0) is 0 Å². The highest BCUT2D eigenvalue weighted by molar-refractivity contribution is 6.35. The number of nitriles is 1. The Morgan fingerprint density at radius 3 is 2.80 bits per heavy atom. The van der Waals surface area contributed by atoms with Crippen LogP contribution in [0.25, 0.3) is 16.7 Å². The van der Waals surface area contributed by atoms with Gasteiger partial charge in [0.1, 0.15) is 28.8 Å². The van der Waals surface area contributed by atoms with Crippen LogP contribution in [0.3, 0.4) is 0 Å². The number of nitrogens with one attached hydrogen (secondary N) is 1. The minimum atomic E-state index is -0.339. The molecule has 0 aliphatic heterocycles. The largest absolute Gasteiger partial charge is 0.508 e. The van der Waals surface area contributed by atoms with Crippen LogP contribution in [0.15, 0.2) is 42.7 Å². The number of rotatable bonds is 4. The maximum Gasteiger partial charge on any atom is 0.224 e. The van der Waals surface area contributed by atoms with Gasteiger partial charge in [0.05, 0.1) is 16.8 Å². The molecule has 1 aromatic carbocycles. The first kappa shape index (κ1) is 19.3. The molecule has 0 amide bonds. The molecule has 0 unspecified atom stereocenters. The highest BCUT2D eigenvalue weighted by Crippen LogP contribution is 2.35. The summed E-state index contributed by atoms with van der Waals surface area (Å²) in [7, 11) is 0. The second-order valence-corrected chi connectivity index (χ2v) is 7.04. The van der Waals surface area contributed by atoms with Gasteiger partial charge in [-0.15, -0.1) is 0 Å². The highest BCUT2D eigenvalue weighted by Gasteiger charge is 2.21. The van der Waals surface area contributed by atoms with Gasteiger partial charge in [-0.05, 0) is 25.1 Å². The van der Waals surface area contributed by atoms with Crippen molar-refractivity contribution < 1.29 is 5.11 Å². The van der Waals surface area contributed by atoms with E-state index >= 15 is 0 Å². The molecule has 0 aliphatic rings. The van der Waals surface area contributed by atoms with Crippen molar-refractivity contribution in [3.05, 3.63) is 58.9 Å². The fourth-order valence-corrected chi connectivity index (χ4v) is 3.55. The van der Waals surface area contributed by atoms with E-state index in [4.69, 9.17) is 23.1 Å². The number of hydrogen-bond donors (Lipinski definition) is 4. The molecule has 0 fully saturated rings. The zero-order valence-electron chi connectivity index (χ0n) is 15.8. The zero-order chi connectivity index (χ0) is 21.4. The lowest BCUT2D eigenvalue weighted by molar-refractivity contribution is 0.475. The van der Waals surface area contributed by atoms with E-state index in [1.165, 1.54) is 0 Å². The van der Waals surface area contributed by atoms with Crippen molar-refractivity contribution in [1.82, 2.24) is 19.5 Å². The van der Waals surface area contributed by atoms with Crippen LogP contribution in [0.1, 0.15) is 24.1 Å². The van der Waals surface area contributed by atoms with Gasteiger partial charge in [-0.2, -0.15) is 15.2 Å². The minimum absolute atomic E-state index is 0.00147. The Labute approximate surface area is 176 Å². The van der Waals surface area contributed by atoms with Gasteiger partial charge in [-0.1, -0.05) is 17.7 Å². The first-order chi connectivity index (χ1) is 14.4. The van der Waals surface area contributed by atoms with E-state index in [2.05, 4.69) is 20.3 Å². The van der Waals surface area contributed by atoms with Gasteiger partial charge in [0.25, 0.3) is 0 Å². The SMILES string of the molecule is C[C@H](Nc1nc(N)nc(N)c1C#N)c1cn(-c2cccc(O)c2)c2nccc(Cl)c12. The van der Waals surface area contributed by atoms with Crippen LogP contribution in [0.4, 0.5) is 17.6 Å². The quantitative estimate of drug-likeness (QED) is 0.392. The molecule has 1 atom stereocenters. The molecule has 0 saturated carbocycles. The summed E-state index contributed by atoms with van der Waals surface area (Å²) in [5.74, 6) is 0.327. The molecular weight excluding hydrogens is 404 g/mol. The summed E-state index contributed by atoms with van der Waals surface area (Å²) in [6.07, 6.45) is 3.49. The number of benzene rings is 1. The van der Waals surface area contributed by atoms with Gasteiger partial charge in [-0.3, -0.25) is 0 Å². The summed E-state index contributed by atoms with van der Waals surface area (Å²) in [6, 6.07) is 10.2. The van der Waals surface area contributed by atoms with Crippen LogP contribution >= 0.6 is 11.6 Å². The molecule has 9 nitrogen and oxygen atoms in total. The molecule has 0 radical (unpaired) electrons. The number of halogens is 1. The number of nitrogens with two attached hydrogens (primary N) is 2. The fourth-order valence-electron chi connectivity index (χ4n) is 3.30. The Balaban J connectivity index is 1.85. The number of phenols is 1. The van der Waals surface area contributed by atoms with Crippen molar-refractivity contribution >= 4 is 40.2 Å². The number of pyridine rings is 1. The van der Waals surface area contributed by atoms with E-state index in [0.717, 1.165) is 16.6 Å². The van der Waals surface area contributed by atoms with Crippen molar-refractivity contribution in [2.75, 3.05) is 16.8 Å². The molecule has 4 aromatic rings. The lowest BCUT2D eigenvalue weighted by Crippen LogP contribution is -2.13. The number of anilines is 3. The van der Waals surface area contributed by atoms with Gasteiger partial charge >= 0.3 is 0 Å². The van der Waals surface area contributed by atoms with Crippen molar-refractivity contribution in [1.29, 1.82) is 5.26 Å². The molecule has 30 heavy (non-hydrogen) atoms. The molecule has 3 aromatic heterocycles. The van der Waals surface area contributed by atoms with E-state index in [0.29, 0.717) is 10.7 Å². The molecule has 0 spiro atoms. The summed E-state index contributed by atoms with van der Waals surface area (Å²) in [5.41, 5.74) is 13.8. The normalized spacial score (nSPS) is 11.9. The fraction of sp³-hybridized carbons (Fsp3) is 0.100. The molecule has 0 aliphatic carbocycles. The predicted octanol–water partition coefficient (Wildman–Crippen LogP) is 3.38. The van der Waals surface area contributed by atoms with Crippen molar-refractivity contribution in [2.24, 2.45) is 0 Å². The van der Waals surface area contributed by atoms with E-state index in [-0.39, 0.29) is 34.9 Å². The van der Waals surface area contributed by atoms with Gasteiger partial charge in [0.2, 0.25) is 5.95 Å². The Morgan fingerprint density at radius 2 is 2.07 bits per heavy atom. The minimum Gasteiger partial charge on any atom is -0.508 e. The lowest BCUT2D eigenvalue weighted by atomic mass is 10.1. The predicted molar refractivity (Wildman–Crippen MR) is 115 cm³/mol. The maximum atomic E-state index is 9.88. The third kappa shape index (κ3) is 3.29. The number of hydrogen-bond acceptors (Lipinski definition) is 8. The molecule has 0 saturated heterocycles. The van der Waals surface area contributed by atoms with Crippen molar-refractivity contribution in [3.8, 4) is 17.5 Å². The summed E-state index contributed by atoms with van der Waals surface area (Å²) < 4.78 is 1.84. The zero-order valence-corrected chi connectivity index (χ0v) is 16.6. The Morgan fingerprint density at radius 1 is 1.27 bits per heavy atom. The summed E-state index contributed by atoms with van der Waals surface area (Å²) in [5, 5.41) is 23.7. The Bertz CT molecular complexity index is 1310. The molecular formula is C20H17ClN8O. The average molecular weight is 421 g/mol. The topological polar surface area (TPSA) is 152 Å². The van der Waals surface area contributed by atoms with Crippen LogP contribution < -0.4 is 16.8 Å². The summed E-state index contributed by atoms with van der Waals surface area (Å²) in [6.45, 7) is 1.89. The number of nitrogens with zero attached hydrogens (tertiary/aromatic N) is 5. The van der Waals surface area contributed by atoms with Crippen LogP contribution in [0.2, 0.25) is 5.02 Å². The first-order valence-electron chi connectivity index (χ1n) is 8.93. The van der Waals surface area contributed by atoms with Crippen molar-refractivity contribution in [2.45, 2.75) is 13.0 Å². The third-order valence-corrected chi connectivity index (χ3v) is 4.97. The molecule has 150 valence electrons. The third-order valence-electron chi connectivity index (χ3n) is 4.66. The molecule has 0 bridgehead atoms. The second-order valence-electron chi connectivity index (χ2n) is 6.63. The smallest absolute Gasteiger partial charge is 0.224 e. The van der Waals surface area contributed by atoms with E-state index in [1.54, 1.807) is 30.5 Å². The second kappa shape index (κ2) is 7.42. The highest BCUT2D eigenvalue weighted by atomic mass is 35.5. The number of nitrogen functional groups attached to an aromatic ring is 2.